The predicted molar refractivity (Wildman–Crippen MR) is 87.9 cm³/mol. The monoisotopic (exact) mass is 326 g/mol. The number of ether oxygens (including phenoxy) is 2. The third kappa shape index (κ3) is 3.65. The molecular weight excluding hydrogens is 308 g/mol. The molecule has 0 aliphatic carbocycles. The van der Waals surface area contributed by atoms with Crippen molar-refractivity contribution in [3.63, 3.8) is 0 Å². The molecule has 2 N–H and O–H groups in total. The van der Waals surface area contributed by atoms with E-state index in [0.29, 0.717) is 23.6 Å². The number of carbonyl (C=O) groups excluding carboxylic acids is 2. The zero-order chi connectivity index (χ0) is 16.9. The summed E-state index contributed by atoms with van der Waals surface area (Å²) in [6, 6.07) is 12.7. The minimum atomic E-state index is -0.334. The SMILES string of the molecule is Cc1ccccc1CNC(=O)CNC(=O)c1ccc2c(c1)OCO2. The standard InChI is InChI=1S/C18H18N2O4/c1-12-4-2-3-5-14(12)9-19-17(21)10-20-18(22)13-6-7-15-16(8-13)24-11-23-15/h2-8H,9-11H2,1H3,(H,19,21)(H,20,22). The van der Waals surface area contributed by atoms with Crippen LogP contribution in [0.25, 0.3) is 0 Å². The normalized spacial score (nSPS) is 11.9. The highest BCUT2D eigenvalue weighted by Gasteiger charge is 2.16. The Balaban J connectivity index is 1.49. The molecule has 2 aromatic carbocycles. The van der Waals surface area contributed by atoms with Crippen molar-refractivity contribution in [3.05, 3.63) is 59.2 Å². The first-order valence-corrected chi connectivity index (χ1v) is 7.62. The molecule has 0 aromatic heterocycles. The first kappa shape index (κ1) is 15.9. The van der Waals surface area contributed by atoms with E-state index < -0.39 is 0 Å². The quantitative estimate of drug-likeness (QED) is 0.878. The van der Waals surface area contributed by atoms with Crippen LogP contribution in [0.3, 0.4) is 0 Å². The van der Waals surface area contributed by atoms with E-state index in [1.165, 1.54) is 0 Å². The van der Waals surface area contributed by atoms with E-state index in [-0.39, 0.29) is 25.2 Å². The van der Waals surface area contributed by atoms with Crippen LogP contribution >= 0.6 is 0 Å². The topological polar surface area (TPSA) is 76.7 Å². The maximum absolute atomic E-state index is 12.1. The summed E-state index contributed by atoms with van der Waals surface area (Å²) in [7, 11) is 0. The fraction of sp³-hybridized carbons (Fsp3) is 0.222. The Hall–Kier alpha value is -3.02. The van der Waals surface area contributed by atoms with Gasteiger partial charge in [0.05, 0.1) is 6.54 Å². The van der Waals surface area contributed by atoms with Crippen molar-refractivity contribution in [2.75, 3.05) is 13.3 Å². The number of aryl methyl sites for hydroxylation is 1. The zero-order valence-corrected chi connectivity index (χ0v) is 13.3. The van der Waals surface area contributed by atoms with E-state index in [9.17, 15) is 9.59 Å². The van der Waals surface area contributed by atoms with E-state index in [2.05, 4.69) is 10.6 Å². The van der Waals surface area contributed by atoms with Gasteiger partial charge in [0, 0.05) is 12.1 Å². The molecule has 1 aliphatic heterocycles. The smallest absolute Gasteiger partial charge is 0.251 e. The third-order valence-corrected chi connectivity index (χ3v) is 3.78. The molecule has 1 aliphatic rings. The van der Waals surface area contributed by atoms with Gasteiger partial charge in [0.15, 0.2) is 11.5 Å². The highest BCUT2D eigenvalue weighted by Crippen LogP contribution is 2.32. The van der Waals surface area contributed by atoms with Crippen molar-refractivity contribution in [1.29, 1.82) is 0 Å². The number of nitrogens with one attached hydrogen (secondary N) is 2. The number of carbonyl (C=O) groups is 2. The second kappa shape index (κ2) is 7.04. The molecule has 0 spiro atoms. The average Bonchev–Trinajstić information content (AvgIpc) is 3.06. The molecule has 6 heteroatoms. The van der Waals surface area contributed by atoms with Crippen molar-refractivity contribution < 1.29 is 19.1 Å². The van der Waals surface area contributed by atoms with E-state index in [0.717, 1.165) is 11.1 Å². The first-order valence-electron chi connectivity index (χ1n) is 7.62. The van der Waals surface area contributed by atoms with E-state index >= 15 is 0 Å². The Morgan fingerprint density at radius 2 is 1.83 bits per heavy atom. The molecule has 0 atom stereocenters. The number of benzene rings is 2. The van der Waals surface area contributed by atoms with Crippen LogP contribution in [0, 0.1) is 6.92 Å². The highest BCUT2D eigenvalue weighted by atomic mass is 16.7. The van der Waals surface area contributed by atoms with Crippen LogP contribution in [0.2, 0.25) is 0 Å². The van der Waals surface area contributed by atoms with Gasteiger partial charge in [0.2, 0.25) is 12.7 Å². The Morgan fingerprint density at radius 1 is 1.04 bits per heavy atom. The Morgan fingerprint density at radius 3 is 2.67 bits per heavy atom. The van der Waals surface area contributed by atoms with Crippen LogP contribution in [-0.4, -0.2) is 25.2 Å². The Bertz CT molecular complexity index is 773. The summed E-state index contributed by atoms with van der Waals surface area (Å²) in [6.07, 6.45) is 0. The largest absolute Gasteiger partial charge is 0.454 e. The number of rotatable bonds is 5. The lowest BCUT2D eigenvalue weighted by Crippen LogP contribution is -2.36. The minimum absolute atomic E-state index is 0.0842. The molecule has 0 fully saturated rings. The van der Waals surface area contributed by atoms with Crippen LogP contribution in [0.4, 0.5) is 0 Å². The highest BCUT2D eigenvalue weighted by molar-refractivity contribution is 5.97. The van der Waals surface area contributed by atoms with Crippen molar-refractivity contribution in [3.8, 4) is 11.5 Å². The van der Waals surface area contributed by atoms with E-state index in [1.807, 2.05) is 31.2 Å². The Labute approximate surface area is 139 Å². The molecule has 0 saturated heterocycles. The zero-order valence-electron chi connectivity index (χ0n) is 13.3. The Kier molecular flexibility index (Phi) is 4.65. The number of hydrogen-bond donors (Lipinski definition) is 2. The summed E-state index contributed by atoms with van der Waals surface area (Å²) in [4.78, 5) is 24.0. The minimum Gasteiger partial charge on any atom is -0.454 e. The van der Waals surface area contributed by atoms with Gasteiger partial charge in [-0.15, -0.1) is 0 Å². The van der Waals surface area contributed by atoms with Crippen LogP contribution < -0.4 is 20.1 Å². The van der Waals surface area contributed by atoms with Gasteiger partial charge in [-0.05, 0) is 36.2 Å². The van der Waals surface area contributed by atoms with Crippen LogP contribution in [0.1, 0.15) is 21.5 Å². The third-order valence-electron chi connectivity index (χ3n) is 3.78. The lowest BCUT2D eigenvalue weighted by molar-refractivity contribution is -0.120. The molecule has 0 bridgehead atoms. The van der Waals surface area contributed by atoms with Gasteiger partial charge in [-0.2, -0.15) is 0 Å². The second-order valence-corrected chi connectivity index (χ2v) is 5.45. The van der Waals surface area contributed by atoms with Crippen molar-refractivity contribution >= 4 is 11.8 Å². The summed E-state index contributed by atoms with van der Waals surface area (Å²) in [5, 5.41) is 5.38. The van der Waals surface area contributed by atoms with Gasteiger partial charge in [0.25, 0.3) is 5.91 Å². The lowest BCUT2D eigenvalue weighted by Gasteiger charge is -2.09. The molecular formula is C18H18N2O4. The maximum Gasteiger partial charge on any atom is 0.251 e. The fourth-order valence-corrected chi connectivity index (χ4v) is 2.37. The molecule has 3 rings (SSSR count). The van der Waals surface area contributed by atoms with Crippen molar-refractivity contribution in [2.24, 2.45) is 0 Å². The molecule has 2 amide bonds. The van der Waals surface area contributed by atoms with Crippen LogP contribution in [0.15, 0.2) is 42.5 Å². The van der Waals surface area contributed by atoms with Gasteiger partial charge >= 0.3 is 0 Å². The predicted octanol–water partition coefficient (Wildman–Crippen LogP) is 1.77. The lowest BCUT2D eigenvalue weighted by atomic mass is 10.1. The van der Waals surface area contributed by atoms with Gasteiger partial charge in [-0.3, -0.25) is 9.59 Å². The summed E-state index contributed by atoms with van der Waals surface area (Å²) < 4.78 is 10.4. The van der Waals surface area contributed by atoms with Crippen molar-refractivity contribution in [1.82, 2.24) is 10.6 Å². The van der Waals surface area contributed by atoms with Gasteiger partial charge in [0.1, 0.15) is 0 Å². The molecule has 0 unspecified atom stereocenters. The first-order chi connectivity index (χ1) is 11.6. The van der Waals surface area contributed by atoms with Gasteiger partial charge < -0.3 is 20.1 Å². The van der Waals surface area contributed by atoms with Gasteiger partial charge in [-0.25, -0.2) is 0 Å². The number of amides is 2. The summed E-state index contributed by atoms with van der Waals surface area (Å²) in [5.74, 6) is 0.570. The molecule has 124 valence electrons. The molecule has 2 aromatic rings. The number of hydrogen-bond acceptors (Lipinski definition) is 4. The van der Waals surface area contributed by atoms with Crippen LogP contribution in [-0.2, 0) is 11.3 Å². The summed E-state index contributed by atoms with van der Waals surface area (Å²) in [6.45, 7) is 2.50. The second-order valence-electron chi connectivity index (χ2n) is 5.45. The average molecular weight is 326 g/mol. The molecule has 1 heterocycles. The summed E-state index contributed by atoms with van der Waals surface area (Å²) in [5.41, 5.74) is 2.58. The summed E-state index contributed by atoms with van der Waals surface area (Å²) >= 11 is 0. The number of fused-ring (bicyclic) bond motifs is 1. The molecule has 0 saturated carbocycles. The van der Waals surface area contributed by atoms with Crippen molar-refractivity contribution in [2.45, 2.75) is 13.5 Å². The maximum atomic E-state index is 12.1. The molecule has 24 heavy (non-hydrogen) atoms. The van der Waals surface area contributed by atoms with E-state index in [4.69, 9.17) is 9.47 Å². The van der Waals surface area contributed by atoms with Gasteiger partial charge in [-0.1, -0.05) is 24.3 Å². The molecule has 0 radical (unpaired) electrons. The van der Waals surface area contributed by atoms with Crippen LogP contribution in [0.5, 0.6) is 11.5 Å². The molecule has 6 nitrogen and oxygen atoms in total. The van der Waals surface area contributed by atoms with E-state index in [1.54, 1.807) is 18.2 Å². The fourth-order valence-electron chi connectivity index (χ4n) is 2.37.